The molecule has 4 rings (SSSR count). The minimum atomic E-state index is 0.0269. The molecule has 1 unspecified atom stereocenters. The maximum Gasteiger partial charge on any atom is 0.293 e. The van der Waals surface area contributed by atoms with Crippen molar-refractivity contribution in [3.05, 3.63) is 38.3 Å². The van der Waals surface area contributed by atoms with Gasteiger partial charge in [0.15, 0.2) is 5.82 Å². The van der Waals surface area contributed by atoms with Crippen LogP contribution in [0.25, 0.3) is 0 Å². The van der Waals surface area contributed by atoms with Crippen molar-refractivity contribution in [2.45, 2.75) is 57.9 Å². The average molecular weight is 344 g/mol. The highest BCUT2D eigenvalue weighted by molar-refractivity contribution is 7.11. The number of fused-ring (bicyclic) bond motifs is 1. The van der Waals surface area contributed by atoms with Crippen LogP contribution in [-0.4, -0.2) is 27.6 Å². The van der Waals surface area contributed by atoms with Gasteiger partial charge >= 0.3 is 0 Å². The van der Waals surface area contributed by atoms with Gasteiger partial charge in [0.05, 0.1) is 10.7 Å². The van der Waals surface area contributed by atoms with Gasteiger partial charge in [-0.25, -0.2) is 9.97 Å². The molecule has 5 nitrogen and oxygen atoms in total. The van der Waals surface area contributed by atoms with E-state index in [0.29, 0.717) is 18.3 Å². The second kappa shape index (κ2) is 6.67. The van der Waals surface area contributed by atoms with Crippen LogP contribution < -0.4 is 10.5 Å². The summed E-state index contributed by atoms with van der Waals surface area (Å²) in [5.41, 5.74) is 1.36. The molecule has 1 atom stereocenters. The predicted molar refractivity (Wildman–Crippen MR) is 97.1 cm³/mol. The topological polar surface area (TPSA) is 51.0 Å². The predicted octanol–water partition coefficient (Wildman–Crippen LogP) is 2.98. The van der Waals surface area contributed by atoms with Crippen molar-refractivity contribution in [2.24, 2.45) is 0 Å². The Bertz CT molecular complexity index is 758. The third kappa shape index (κ3) is 2.88. The van der Waals surface area contributed by atoms with Gasteiger partial charge in [0.25, 0.3) is 5.56 Å². The highest BCUT2D eigenvalue weighted by Gasteiger charge is 2.27. The van der Waals surface area contributed by atoms with Crippen LogP contribution in [0.2, 0.25) is 0 Å². The molecular weight excluding hydrogens is 320 g/mol. The molecule has 1 saturated heterocycles. The van der Waals surface area contributed by atoms with Gasteiger partial charge in [-0.2, -0.15) is 0 Å². The van der Waals surface area contributed by atoms with E-state index < -0.39 is 0 Å². The van der Waals surface area contributed by atoms with Crippen molar-refractivity contribution in [2.75, 3.05) is 18.0 Å². The van der Waals surface area contributed by atoms with Gasteiger partial charge in [-0.1, -0.05) is 0 Å². The summed E-state index contributed by atoms with van der Waals surface area (Å²) in [6.45, 7) is 4.45. The van der Waals surface area contributed by atoms with Gasteiger partial charge < -0.3 is 9.47 Å². The van der Waals surface area contributed by atoms with Crippen LogP contribution in [0.5, 0.6) is 0 Å². The lowest BCUT2D eigenvalue weighted by atomic mass is 9.98. The number of anilines is 1. The van der Waals surface area contributed by atoms with Gasteiger partial charge in [0.1, 0.15) is 0 Å². The van der Waals surface area contributed by atoms with E-state index in [1.54, 1.807) is 17.0 Å². The van der Waals surface area contributed by atoms with E-state index in [0.717, 1.165) is 32.4 Å². The molecule has 0 radical (unpaired) electrons. The van der Waals surface area contributed by atoms with Crippen LogP contribution in [0.15, 0.2) is 17.2 Å². The first-order valence-corrected chi connectivity index (χ1v) is 9.86. The number of nitrogens with zero attached hydrogens (tertiary/aromatic N) is 4. The number of hydrogen-bond acceptors (Lipinski definition) is 5. The number of piperidine rings is 1. The average Bonchev–Trinajstić information content (AvgIpc) is 3.06. The number of thiazole rings is 1. The number of aryl methyl sites for hydroxylation is 3. The summed E-state index contributed by atoms with van der Waals surface area (Å²) in [5.74, 6) is 1.04. The summed E-state index contributed by atoms with van der Waals surface area (Å²) in [7, 11) is 0. The highest BCUT2D eigenvalue weighted by Crippen LogP contribution is 2.35. The molecular formula is C18H24N4OS. The van der Waals surface area contributed by atoms with Gasteiger partial charge in [-0.3, -0.25) is 4.79 Å². The molecule has 2 aromatic heterocycles. The first kappa shape index (κ1) is 15.8. The van der Waals surface area contributed by atoms with Crippen molar-refractivity contribution in [3.63, 3.8) is 0 Å². The van der Waals surface area contributed by atoms with Crippen molar-refractivity contribution < 1.29 is 0 Å². The Hall–Kier alpha value is -1.69. The zero-order valence-corrected chi connectivity index (χ0v) is 15.0. The highest BCUT2D eigenvalue weighted by atomic mass is 32.1. The fraction of sp³-hybridized carbons (Fsp3) is 0.611. The normalized spacial score (nSPS) is 20.9. The SMILES string of the molecule is CCn1ccnc(N2CCCC(c3nc4c(s3)CCCC4)C2)c1=O. The third-order valence-electron chi connectivity index (χ3n) is 5.17. The number of hydrogen-bond donors (Lipinski definition) is 0. The van der Waals surface area contributed by atoms with Crippen LogP contribution >= 0.6 is 11.3 Å². The monoisotopic (exact) mass is 344 g/mol. The first-order valence-electron chi connectivity index (χ1n) is 9.05. The second-order valence-corrected chi connectivity index (χ2v) is 7.87. The summed E-state index contributed by atoms with van der Waals surface area (Å²) >= 11 is 1.91. The first-order chi connectivity index (χ1) is 11.8. The van der Waals surface area contributed by atoms with E-state index in [4.69, 9.17) is 4.98 Å². The molecule has 1 aliphatic heterocycles. The summed E-state index contributed by atoms with van der Waals surface area (Å²) in [6.07, 6.45) is 10.7. The fourth-order valence-electron chi connectivity index (χ4n) is 3.82. The maximum absolute atomic E-state index is 12.5. The van der Waals surface area contributed by atoms with Crippen molar-refractivity contribution >= 4 is 17.2 Å². The number of rotatable bonds is 3. The maximum atomic E-state index is 12.5. The molecule has 6 heteroatoms. The molecule has 0 aromatic carbocycles. The van der Waals surface area contributed by atoms with Gasteiger partial charge in [-0.15, -0.1) is 11.3 Å². The van der Waals surface area contributed by atoms with Gasteiger partial charge in [0, 0.05) is 42.8 Å². The van der Waals surface area contributed by atoms with Crippen LogP contribution in [0.3, 0.4) is 0 Å². The van der Waals surface area contributed by atoms with Crippen molar-refractivity contribution in [1.82, 2.24) is 14.5 Å². The lowest BCUT2D eigenvalue weighted by molar-refractivity contribution is 0.501. The molecule has 0 amide bonds. The molecule has 128 valence electrons. The van der Waals surface area contributed by atoms with E-state index in [9.17, 15) is 4.79 Å². The van der Waals surface area contributed by atoms with E-state index in [1.807, 2.05) is 18.3 Å². The third-order valence-corrected chi connectivity index (χ3v) is 6.49. The molecule has 0 N–H and O–H groups in total. The molecule has 1 aliphatic carbocycles. The molecule has 0 spiro atoms. The van der Waals surface area contributed by atoms with Crippen LogP contribution in [0.4, 0.5) is 5.82 Å². The Morgan fingerprint density at radius 2 is 2.17 bits per heavy atom. The number of aromatic nitrogens is 3. The van der Waals surface area contributed by atoms with Crippen molar-refractivity contribution in [1.29, 1.82) is 0 Å². The fourth-order valence-corrected chi connectivity index (χ4v) is 5.10. The molecule has 2 aliphatic rings. The standard InChI is InChI=1S/C18H24N4OS/c1-2-21-11-9-19-16(18(21)23)22-10-5-6-13(12-22)17-20-14-7-3-4-8-15(14)24-17/h9,11,13H,2-8,10,12H2,1H3. The Labute approximate surface area is 146 Å². The molecule has 0 saturated carbocycles. The smallest absolute Gasteiger partial charge is 0.293 e. The van der Waals surface area contributed by atoms with E-state index in [-0.39, 0.29) is 5.56 Å². The molecule has 0 bridgehead atoms. The summed E-state index contributed by atoms with van der Waals surface area (Å²) in [6, 6.07) is 0. The zero-order valence-electron chi connectivity index (χ0n) is 14.2. The minimum absolute atomic E-state index is 0.0269. The van der Waals surface area contributed by atoms with E-state index in [1.165, 1.54) is 34.8 Å². The van der Waals surface area contributed by atoms with E-state index in [2.05, 4.69) is 9.88 Å². The summed E-state index contributed by atoms with van der Waals surface area (Å²) < 4.78 is 1.73. The second-order valence-electron chi connectivity index (χ2n) is 6.76. The Kier molecular flexibility index (Phi) is 4.39. The molecule has 1 fully saturated rings. The Morgan fingerprint density at radius 1 is 1.29 bits per heavy atom. The molecule has 24 heavy (non-hydrogen) atoms. The largest absolute Gasteiger partial charge is 0.351 e. The van der Waals surface area contributed by atoms with Crippen LogP contribution in [0.1, 0.15) is 54.1 Å². The Balaban J connectivity index is 1.58. The Morgan fingerprint density at radius 3 is 3.00 bits per heavy atom. The van der Waals surface area contributed by atoms with Crippen molar-refractivity contribution in [3.8, 4) is 0 Å². The van der Waals surface area contributed by atoms with Gasteiger partial charge in [0.2, 0.25) is 0 Å². The molecule has 2 aromatic rings. The lowest BCUT2D eigenvalue weighted by Gasteiger charge is -2.32. The summed E-state index contributed by atoms with van der Waals surface area (Å²) in [4.78, 5) is 25.5. The zero-order chi connectivity index (χ0) is 16.5. The summed E-state index contributed by atoms with van der Waals surface area (Å²) in [5, 5.41) is 1.28. The van der Waals surface area contributed by atoms with Gasteiger partial charge in [-0.05, 0) is 45.4 Å². The molecule has 3 heterocycles. The van der Waals surface area contributed by atoms with Crippen LogP contribution in [-0.2, 0) is 19.4 Å². The van der Waals surface area contributed by atoms with Crippen LogP contribution in [0, 0.1) is 0 Å². The minimum Gasteiger partial charge on any atom is -0.351 e. The van der Waals surface area contributed by atoms with E-state index >= 15 is 0 Å². The quantitative estimate of drug-likeness (QED) is 0.859. The lowest BCUT2D eigenvalue weighted by Crippen LogP contribution is -2.39.